The van der Waals surface area contributed by atoms with Crippen LogP contribution in [-0.4, -0.2) is 25.7 Å². The normalized spacial score (nSPS) is 10.9. The van der Waals surface area contributed by atoms with E-state index in [1.54, 1.807) is 11.3 Å². The number of H-pyrrole nitrogens is 1. The molecule has 0 saturated heterocycles. The van der Waals surface area contributed by atoms with Crippen LogP contribution in [0.15, 0.2) is 34.4 Å². The van der Waals surface area contributed by atoms with E-state index in [0.29, 0.717) is 30.3 Å². The first-order valence-electron chi connectivity index (χ1n) is 9.15. The Morgan fingerprint density at radius 1 is 1.30 bits per heavy atom. The standard InChI is InChI=1S/C19H23N5O2S/c1-3-5-9-17(25)21-16-12-14(15-8-6-10-27-15)23-24(16)19-20-13(7-4-2)11-18(26)22-19/h6,8,10-12H,3-5,7,9H2,1-2H3,(H,21,25)(H,20,22,26). The van der Waals surface area contributed by atoms with Gasteiger partial charge in [-0.1, -0.05) is 32.8 Å². The zero-order valence-corrected chi connectivity index (χ0v) is 16.3. The highest BCUT2D eigenvalue weighted by Gasteiger charge is 2.16. The number of hydrogen-bond acceptors (Lipinski definition) is 5. The van der Waals surface area contributed by atoms with E-state index in [1.165, 1.54) is 10.7 Å². The zero-order valence-electron chi connectivity index (χ0n) is 15.5. The van der Waals surface area contributed by atoms with Gasteiger partial charge in [-0.15, -0.1) is 11.3 Å². The molecule has 0 bridgehead atoms. The van der Waals surface area contributed by atoms with Crippen molar-refractivity contribution in [2.75, 3.05) is 5.32 Å². The average Bonchev–Trinajstić information content (AvgIpc) is 3.29. The minimum absolute atomic E-state index is 0.0808. The minimum Gasteiger partial charge on any atom is -0.310 e. The third-order valence-corrected chi connectivity index (χ3v) is 4.89. The Bertz CT molecular complexity index is 959. The van der Waals surface area contributed by atoms with Crippen LogP contribution in [0, 0.1) is 0 Å². The van der Waals surface area contributed by atoms with Gasteiger partial charge in [0.2, 0.25) is 11.9 Å². The molecule has 0 saturated carbocycles. The van der Waals surface area contributed by atoms with Crippen molar-refractivity contribution in [3.63, 3.8) is 0 Å². The molecule has 7 nitrogen and oxygen atoms in total. The molecule has 8 heteroatoms. The molecule has 0 radical (unpaired) electrons. The smallest absolute Gasteiger partial charge is 0.252 e. The van der Waals surface area contributed by atoms with Gasteiger partial charge in [0.25, 0.3) is 5.56 Å². The zero-order chi connectivity index (χ0) is 19.2. The summed E-state index contributed by atoms with van der Waals surface area (Å²) in [5.41, 5.74) is 1.19. The van der Waals surface area contributed by atoms with E-state index in [1.807, 2.05) is 37.4 Å². The van der Waals surface area contributed by atoms with Crippen molar-refractivity contribution < 1.29 is 4.79 Å². The summed E-state index contributed by atoms with van der Waals surface area (Å²) >= 11 is 1.56. The van der Waals surface area contributed by atoms with Gasteiger partial charge in [-0.25, -0.2) is 4.98 Å². The molecule has 0 aromatic carbocycles. The van der Waals surface area contributed by atoms with E-state index in [0.717, 1.165) is 29.8 Å². The predicted molar refractivity (Wildman–Crippen MR) is 107 cm³/mol. The molecular weight excluding hydrogens is 362 g/mol. The van der Waals surface area contributed by atoms with Gasteiger partial charge >= 0.3 is 0 Å². The van der Waals surface area contributed by atoms with Crippen LogP contribution in [0.3, 0.4) is 0 Å². The monoisotopic (exact) mass is 385 g/mol. The summed E-state index contributed by atoms with van der Waals surface area (Å²) in [4.78, 5) is 32.5. The molecule has 3 aromatic rings. The molecular formula is C19H23N5O2S. The molecule has 142 valence electrons. The molecule has 3 rings (SSSR count). The quantitative estimate of drug-likeness (QED) is 0.617. The minimum atomic E-state index is -0.236. The highest BCUT2D eigenvalue weighted by atomic mass is 32.1. The van der Waals surface area contributed by atoms with Crippen molar-refractivity contribution in [2.24, 2.45) is 0 Å². The molecule has 27 heavy (non-hydrogen) atoms. The molecule has 0 atom stereocenters. The van der Waals surface area contributed by atoms with Crippen molar-refractivity contribution in [2.45, 2.75) is 46.0 Å². The number of aryl methyl sites for hydroxylation is 1. The van der Waals surface area contributed by atoms with Crippen LogP contribution in [0.25, 0.3) is 16.5 Å². The topological polar surface area (TPSA) is 92.7 Å². The van der Waals surface area contributed by atoms with Crippen molar-refractivity contribution in [1.29, 1.82) is 0 Å². The number of unbranched alkanes of at least 4 members (excludes halogenated alkanes) is 1. The second-order valence-corrected chi connectivity index (χ2v) is 7.21. The SMILES string of the molecule is CCCCC(=O)Nc1cc(-c2cccs2)nn1-c1nc(CCC)cc(=O)[nH]1. The summed E-state index contributed by atoms with van der Waals surface area (Å²) in [5.74, 6) is 0.721. The van der Waals surface area contributed by atoms with Gasteiger partial charge in [-0.2, -0.15) is 9.78 Å². The third-order valence-electron chi connectivity index (χ3n) is 4.00. The van der Waals surface area contributed by atoms with Crippen LogP contribution in [0.5, 0.6) is 0 Å². The van der Waals surface area contributed by atoms with Crippen molar-refractivity contribution in [3.05, 3.63) is 45.7 Å². The third kappa shape index (κ3) is 4.71. The summed E-state index contributed by atoms with van der Waals surface area (Å²) in [5, 5.41) is 9.45. The molecule has 3 aromatic heterocycles. The van der Waals surface area contributed by atoms with Crippen LogP contribution in [0.1, 0.15) is 45.2 Å². The fourth-order valence-corrected chi connectivity index (χ4v) is 3.38. The first-order valence-corrected chi connectivity index (χ1v) is 10.0. The lowest BCUT2D eigenvalue weighted by molar-refractivity contribution is -0.116. The number of aromatic amines is 1. The van der Waals surface area contributed by atoms with Gasteiger partial charge in [0.05, 0.1) is 4.88 Å². The number of nitrogens with zero attached hydrogens (tertiary/aromatic N) is 3. The summed E-state index contributed by atoms with van der Waals surface area (Å²) in [6, 6.07) is 7.21. The van der Waals surface area contributed by atoms with Crippen molar-refractivity contribution >= 4 is 23.1 Å². The molecule has 3 heterocycles. The highest BCUT2D eigenvalue weighted by molar-refractivity contribution is 7.13. The summed E-state index contributed by atoms with van der Waals surface area (Å²) in [6.07, 6.45) is 3.79. The lowest BCUT2D eigenvalue weighted by Crippen LogP contribution is -2.19. The number of carbonyl (C=O) groups excluding carboxylic acids is 1. The van der Waals surface area contributed by atoms with Gasteiger partial charge < -0.3 is 5.32 Å². The first kappa shape index (κ1) is 19.0. The van der Waals surface area contributed by atoms with Crippen LogP contribution in [0.4, 0.5) is 5.82 Å². The Hall–Kier alpha value is -2.74. The molecule has 0 unspecified atom stereocenters. The molecule has 2 N–H and O–H groups in total. The number of carbonyl (C=O) groups is 1. The van der Waals surface area contributed by atoms with Gasteiger partial charge in [0.1, 0.15) is 11.5 Å². The van der Waals surface area contributed by atoms with E-state index in [-0.39, 0.29) is 11.5 Å². The molecule has 1 amide bonds. The number of hydrogen-bond donors (Lipinski definition) is 2. The van der Waals surface area contributed by atoms with Crippen LogP contribution in [0.2, 0.25) is 0 Å². The molecule has 0 aliphatic heterocycles. The Morgan fingerprint density at radius 2 is 2.15 bits per heavy atom. The van der Waals surface area contributed by atoms with E-state index >= 15 is 0 Å². The lowest BCUT2D eigenvalue weighted by atomic mass is 10.2. The predicted octanol–water partition coefficient (Wildman–Crippen LogP) is 3.77. The fraction of sp³-hybridized carbons (Fsp3) is 0.368. The summed E-state index contributed by atoms with van der Waals surface area (Å²) in [6.45, 7) is 4.07. The lowest BCUT2D eigenvalue weighted by Gasteiger charge is -2.08. The van der Waals surface area contributed by atoms with Crippen LogP contribution >= 0.6 is 11.3 Å². The number of rotatable bonds is 8. The maximum absolute atomic E-state index is 12.2. The summed E-state index contributed by atoms with van der Waals surface area (Å²) in [7, 11) is 0. The van der Waals surface area contributed by atoms with Gasteiger partial charge in [0.15, 0.2) is 0 Å². The van der Waals surface area contributed by atoms with Crippen LogP contribution < -0.4 is 10.9 Å². The Morgan fingerprint density at radius 3 is 2.85 bits per heavy atom. The van der Waals surface area contributed by atoms with E-state index in [9.17, 15) is 9.59 Å². The second-order valence-electron chi connectivity index (χ2n) is 6.27. The van der Waals surface area contributed by atoms with E-state index < -0.39 is 0 Å². The molecule has 0 fully saturated rings. The Balaban J connectivity index is 2.02. The number of anilines is 1. The highest BCUT2D eigenvalue weighted by Crippen LogP contribution is 2.27. The first-order chi connectivity index (χ1) is 13.1. The average molecular weight is 385 g/mol. The number of aromatic nitrogens is 4. The summed E-state index contributed by atoms with van der Waals surface area (Å²) < 4.78 is 1.50. The van der Waals surface area contributed by atoms with E-state index in [2.05, 4.69) is 20.4 Å². The fourth-order valence-electron chi connectivity index (χ4n) is 2.70. The van der Waals surface area contributed by atoms with Crippen LogP contribution in [-0.2, 0) is 11.2 Å². The Labute approximate surface area is 161 Å². The van der Waals surface area contributed by atoms with Gasteiger partial charge in [0, 0.05) is 24.2 Å². The number of amides is 1. The molecule has 0 aliphatic carbocycles. The Kier molecular flexibility index (Phi) is 6.18. The second kappa shape index (κ2) is 8.77. The van der Waals surface area contributed by atoms with Crippen molar-refractivity contribution in [3.8, 4) is 16.5 Å². The van der Waals surface area contributed by atoms with Crippen molar-refractivity contribution in [1.82, 2.24) is 19.7 Å². The maximum atomic E-state index is 12.2. The number of nitrogens with one attached hydrogen (secondary N) is 2. The number of thiophene rings is 1. The maximum Gasteiger partial charge on any atom is 0.252 e. The van der Waals surface area contributed by atoms with Gasteiger partial charge in [-0.05, 0) is 24.3 Å². The van der Waals surface area contributed by atoms with E-state index in [4.69, 9.17) is 0 Å². The van der Waals surface area contributed by atoms with Gasteiger partial charge in [-0.3, -0.25) is 14.6 Å². The largest absolute Gasteiger partial charge is 0.310 e. The molecule has 0 spiro atoms. The molecule has 0 aliphatic rings.